The van der Waals surface area contributed by atoms with E-state index in [4.69, 9.17) is 0 Å². The van der Waals surface area contributed by atoms with Gasteiger partial charge in [0, 0.05) is 11.9 Å². The molecule has 0 saturated carbocycles. The standard InChI is InChI=1S/C8H8N2.C2H6/c1-7-3-2-4-8-5-6-9-10(7)8;1-2/h2-6H,1H3;1-2H3. The van der Waals surface area contributed by atoms with Crippen LogP contribution in [0.4, 0.5) is 0 Å². The lowest BCUT2D eigenvalue weighted by molar-refractivity contribution is 0.915. The molecule has 12 heavy (non-hydrogen) atoms. The maximum absolute atomic E-state index is 4.13. The van der Waals surface area contributed by atoms with Gasteiger partial charge in [-0.05, 0) is 25.1 Å². The van der Waals surface area contributed by atoms with Crippen LogP contribution in [0.5, 0.6) is 0 Å². The van der Waals surface area contributed by atoms with E-state index in [0.29, 0.717) is 0 Å². The van der Waals surface area contributed by atoms with E-state index in [1.54, 1.807) is 0 Å². The monoisotopic (exact) mass is 162 g/mol. The molecule has 0 atom stereocenters. The van der Waals surface area contributed by atoms with Crippen LogP contribution in [0, 0.1) is 6.92 Å². The summed E-state index contributed by atoms with van der Waals surface area (Å²) < 4.78 is 1.92. The van der Waals surface area contributed by atoms with Crippen molar-refractivity contribution in [3.63, 3.8) is 0 Å². The van der Waals surface area contributed by atoms with Crippen molar-refractivity contribution < 1.29 is 0 Å². The lowest BCUT2D eigenvalue weighted by Gasteiger charge is -1.95. The summed E-state index contributed by atoms with van der Waals surface area (Å²) in [7, 11) is 0. The number of rotatable bonds is 0. The molecular weight excluding hydrogens is 148 g/mol. The van der Waals surface area contributed by atoms with E-state index in [2.05, 4.69) is 5.10 Å². The predicted molar refractivity (Wildman–Crippen MR) is 51.3 cm³/mol. The minimum atomic E-state index is 1.15. The van der Waals surface area contributed by atoms with E-state index in [1.807, 2.05) is 55.7 Å². The molecule has 2 aromatic rings. The van der Waals surface area contributed by atoms with E-state index in [9.17, 15) is 0 Å². The predicted octanol–water partition coefficient (Wildman–Crippen LogP) is 2.67. The summed E-state index contributed by atoms with van der Waals surface area (Å²) in [5, 5.41) is 4.13. The van der Waals surface area contributed by atoms with Crippen LogP contribution in [0.2, 0.25) is 0 Å². The Labute approximate surface area is 72.8 Å². The first kappa shape index (κ1) is 8.78. The van der Waals surface area contributed by atoms with Crippen molar-refractivity contribution in [3.05, 3.63) is 36.2 Å². The van der Waals surface area contributed by atoms with E-state index in [1.165, 1.54) is 5.69 Å². The average molecular weight is 162 g/mol. The highest BCUT2D eigenvalue weighted by molar-refractivity contribution is 5.45. The molecule has 0 spiro atoms. The second-order valence-electron chi connectivity index (χ2n) is 2.34. The van der Waals surface area contributed by atoms with Crippen molar-refractivity contribution in [2.75, 3.05) is 0 Å². The fourth-order valence-electron chi connectivity index (χ4n) is 1.09. The summed E-state index contributed by atoms with van der Waals surface area (Å²) in [6, 6.07) is 8.11. The van der Waals surface area contributed by atoms with Crippen molar-refractivity contribution in [1.82, 2.24) is 9.61 Å². The Bertz CT molecular complexity index is 349. The summed E-state index contributed by atoms with van der Waals surface area (Å²) in [6.07, 6.45) is 1.81. The van der Waals surface area contributed by atoms with Gasteiger partial charge < -0.3 is 0 Å². The first-order chi connectivity index (χ1) is 5.88. The molecule has 2 rings (SSSR count). The molecule has 0 fully saturated rings. The minimum absolute atomic E-state index is 1.15. The average Bonchev–Trinajstić information content (AvgIpc) is 2.57. The third-order valence-electron chi connectivity index (χ3n) is 1.61. The molecule has 0 aliphatic rings. The van der Waals surface area contributed by atoms with Crippen LogP contribution in [-0.4, -0.2) is 9.61 Å². The van der Waals surface area contributed by atoms with Gasteiger partial charge in [-0.2, -0.15) is 5.10 Å². The molecule has 64 valence electrons. The van der Waals surface area contributed by atoms with Gasteiger partial charge in [0.1, 0.15) is 0 Å². The zero-order valence-electron chi connectivity index (χ0n) is 7.78. The molecule has 0 N–H and O–H groups in total. The molecule has 0 aliphatic heterocycles. The summed E-state index contributed by atoms with van der Waals surface area (Å²) in [4.78, 5) is 0. The number of aromatic nitrogens is 2. The van der Waals surface area contributed by atoms with Crippen molar-refractivity contribution in [2.24, 2.45) is 0 Å². The fourth-order valence-corrected chi connectivity index (χ4v) is 1.09. The highest BCUT2D eigenvalue weighted by atomic mass is 15.2. The maximum atomic E-state index is 4.13. The molecule has 0 bridgehead atoms. The molecule has 0 saturated heterocycles. The van der Waals surface area contributed by atoms with E-state index in [-0.39, 0.29) is 0 Å². The zero-order valence-corrected chi connectivity index (χ0v) is 7.78. The summed E-state index contributed by atoms with van der Waals surface area (Å²) >= 11 is 0. The van der Waals surface area contributed by atoms with Gasteiger partial charge in [0.2, 0.25) is 0 Å². The van der Waals surface area contributed by atoms with Crippen LogP contribution in [-0.2, 0) is 0 Å². The van der Waals surface area contributed by atoms with Crippen molar-refractivity contribution in [1.29, 1.82) is 0 Å². The van der Waals surface area contributed by atoms with Gasteiger partial charge in [0.05, 0.1) is 5.52 Å². The summed E-state index contributed by atoms with van der Waals surface area (Å²) in [6.45, 7) is 6.04. The zero-order chi connectivity index (χ0) is 8.97. The minimum Gasteiger partial charge on any atom is -0.238 e. The van der Waals surface area contributed by atoms with Gasteiger partial charge in [-0.25, -0.2) is 4.52 Å². The Kier molecular flexibility index (Phi) is 2.86. The molecule has 0 aliphatic carbocycles. The highest BCUT2D eigenvalue weighted by Crippen LogP contribution is 2.03. The van der Waals surface area contributed by atoms with Crippen LogP contribution in [0.3, 0.4) is 0 Å². The Morgan fingerprint density at radius 1 is 1.17 bits per heavy atom. The second-order valence-corrected chi connectivity index (χ2v) is 2.34. The van der Waals surface area contributed by atoms with E-state index >= 15 is 0 Å². The SMILES string of the molecule is CC.Cc1cccc2ccnn12. The second kappa shape index (κ2) is 3.90. The Balaban J connectivity index is 0.000000336. The van der Waals surface area contributed by atoms with Crippen molar-refractivity contribution in [3.8, 4) is 0 Å². The molecule has 2 heteroatoms. The molecule has 2 heterocycles. The first-order valence-corrected chi connectivity index (χ1v) is 4.27. The topological polar surface area (TPSA) is 17.3 Å². The van der Waals surface area contributed by atoms with Gasteiger partial charge in [-0.15, -0.1) is 0 Å². The van der Waals surface area contributed by atoms with Gasteiger partial charge in [0.25, 0.3) is 0 Å². The number of fused-ring (bicyclic) bond motifs is 1. The number of hydrogen-bond acceptors (Lipinski definition) is 1. The van der Waals surface area contributed by atoms with Crippen molar-refractivity contribution in [2.45, 2.75) is 20.8 Å². The fraction of sp³-hybridized carbons (Fsp3) is 0.300. The Hall–Kier alpha value is -1.31. The van der Waals surface area contributed by atoms with Crippen LogP contribution in [0.1, 0.15) is 19.5 Å². The summed E-state index contributed by atoms with van der Waals surface area (Å²) in [5.41, 5.74) is 2.32. The third kappa shape index (κ3) is 1.47. The molecule has 0 radical (unpaired) electrons. The summed E-state index contributed by atoms with van der Waals surface area (Å²) in [5.74, 6) is 0. The first-order valence-electron chi connectivity index (χ1n) is 4.27. The number of hydrogen-bond donors (Lipinski definition) is 0. The van der Waals surface area contributed by atoms with Crippen molar-refractivity contribution >= 4 is 5.52 Å². The smallest absolute Gasteiger partial charge is 0.0664 e. The van der Waals surface area contributed by atoms with Gasteiger partial charge in [-0.1, -0.05) is 19.9 Å². The largest absolute Gasteiger partial charge is 0.238 e. The number of pyridine rings is 1. The van der Waals surface area contributed by atoms with E-state index in [0.717, 1.165) is 5.52 Å². The van der Waals surface area contributed by atoms with Crippen LogP contribution < -0.4 is 0 Å². The van der Waals surface area contributed by atoms with Crippen LogP contribution in [0.15, 0.2) is 30.5 Å². The Morgan fingerprint density at radius 3 is 2.58 bits per heavy atom. The molecule has 0 amide bonds. The number of aryl methyl sites for hydroxylation is 1. The lowest BCUT2D eigenvalue weighted by atomic mass is 10.3. The van der Waals surface area contributed by atoms with Crippen LogP contribution in [0.25, 0.3) is 5.52 Å². The quantitative estimate of drug-likeness (QED) is 0.582. The molecule has 2 nitrogen and oxygen atoms in total. The molecule has 0 unspecified atom stereocenters. The maximum Gasteiger partial charge on any atom is 0.0664 e. The number of nitrogens with zero attached hydrogens (tertiary/aromatic N) is 2. The van der Waals surface area contributed by atoms with Crippen LogP contribution >= 0.6 is 0 Å². The van der Waals surface area contributed by atoms with E-state index < -0.39 is 0 Å². The molecule has 0 aromatic carbocycles. The molecular formula is C10H14N2. The van der Waals surface area contributed by atoms with Gasteiger partial charge in [-0.3, -0.25) is 0 Å². The normalized spacial score (nSPS) is 9.25. The lowest BCUT2D eigenvalue weighted by Crippen LogP contribution is -1.90. The molecule has 2 aromatic heterocycles. The highest BCUT2D eigenvalue weighted by Gasteiger charge is 1.92. The Morgan fingerprint density at radius 2 is 1.92 bits per heavy atom. The van der Waals surface area contributed by atoms with Gasteiger partial charge in [0.15, 0.2) is 0 Å². The third-order valence-corrected chi connectivity index (χ3v) is 1.61. The van der Waals surface area contributed by atoms with Gasteiger partial charge >= 0.3 is 0 Å².